The van der Waals surface area contributed by atoms with Crippen molar-refractivity contribution in [3.05, 3.63) is 76.3 Å². The highest BCUT2D eigenvalue weighted by Crippen LogP contribution is 2.21. The summed E-state index contributed by atoms with van der Waals surface area (Å²) in [4.78, 5) is 12.1. The van der Waals surface area contributed by atoms with E-state index in [-0.39, 0.29) is 5.91 Å². The summed E-state index contributed by atoms with van der Waals surface area (Å²) in [6, 6.07) is 12.0. The zero-order valence-electron chi connectivity index (χ0n) is 15.5. The minimum absolute atomic E-state index is 0.115. The topological polar surface area (TPSA) is 60.1 Å². The van der Waals surface area contributed by atoms with E-state index in [4.69, 9.17) is 4.52 Å². The molecule has 5 heteroatoms. The Morgan fingerprint density at radius 2 is 1.96 bits per heavy atom. The number of hydrogen-bond acceptors (Lipinski definition) is 3. The highest BCUT2D eigenvalue weighted by Gasteiger charge is 2.12. The quantitative estimate of drug-likeness (QED) is 0.708. The molecule has 0 spiro atoms. The van der Waals surface area contributed by atoms with E-state index in [0.717, 1.165) is 34.1 Å². The van der Waals surface area contributed by atoms with Gasteiger partial charge in [-0.3, -0.25) is 9.36 Å². The maximum Gasteiger partial charge on any atom is 0.244 e. The van der Waals surface area contributed by atoms with Crippen molar-refractivity contribution in [3.8, 4) is 5.82 Å². The molecule has 1 amide bonds. The zero-order valence-corrected chi connectivity index (χ0v) is 15.5. The lowest BCUT2D eigenvalue weighted by atomic mass is 10.1. The van der Waals surface area contributed by atoms with Gasteiger partial charge in [0, 0.05) is 30.1 Å². The summed E-state index contributed by atoms with van der Waals surface area (Å²) in [6.07, 6.45) is 3.40. The van der Waals surface area contributed by atoms with Gasteiger partial charge in [0.05, 0.1) is 0 Å². The van der Waals surface area contributed by atoms with E-state index in [1.807, 2.05) is 74.7 Å². The number of rotatable bonds is 5. The zero-order chi connectivity index (χ0) is 18.7. The monoisotopic (exact) mass is 349 g/mol. The molecular formula is C21H23N3O2. The van der Waals surface area contributed by atoms with Crippen molar-refractivity contribution in [3.63, 3.8) is 0 Å². The van der Waals surface area contributed by atoms with Gasteiger partial charge in [0.15, 0.2) is 5.82 Å². The number of benzene rings is 1. The van der Waals surface area contributed by atoms with Crippen LogP contribution < -0.4 is 5.32 Å². The van der Waals surface area contributed by atoms with Crippen molar-refractivity contribution in [2.75, 3.05) is 0 Å². The fraction of sp³-hybridized carbons (Fsp3) is 0.238. The molecule has 134 valence electrons. The molecule has 5 nitrogen and oxygen atoms in total. The summed E-state index contributed by atoms with van der Waals surface area (Å²) in [5, 5.41) is 7.00. The molecule has 0 aliphatic carbocycles. The first kappa shape index (κ1) is 17.7. The third-order valence-corrected chi connectivity index (χ3v) is 4.44. The summed E-state index contributed by atoms with van der Waals surface area (Å²) < 4.78 is 7.18. The molecular weight excluding hydrogens is 326 g/mol. The number of nitrogens with one attached hydrogen (secondary N) is 1. The van der Waals surface area contributed by atoms with E-state index in [9.17, 15) is 4.79 Å². The summed E-state index contributed by atoms with van der Waals surface area (Å²) in [5.41, 5.74) is 5.32. The van der Waals surface area contributed by atoms with Gasteiger partial charge < -0.3 is 9.84 Å². The summed E-state index contributed by atoms with van der Waals surface area (Å²) in [7, 11) is 0. The predicted molar refractivity (Wildman–Crippen MR) is 102 cm³/mol. The standard InChI is InChI=1S/C21H23N3O2/c1-14-7-5-6-8-19(14)13-22-21(25)10-9-18-11-15(2)24(17(18)4)20-12-16(3)26-23-20/h5-12H,13H2,1-4H3,(H,22,25)/b10-9+. The molecule has 0 fully saturated rings. The third-order valence-electron chi connectivity index (χ3n) is 4.44. The minimum atomic E-state index is -0.115. The van der Waals surface area contributed by atoms with Crippen LogP contribution in [0.5, 0.6) is 0 Å². The number of nitrogens with zero attached hydrogens (tertiary/aromatic N) is 2. The third kappa shape index (κ3) is 3.77. The number of aromatic nitrogens is 2. The second kappa shape index (κ2) is 7.44. The number of carbonyl (C=O) groups is 1. The lowest BCUT2D eigenvalue weighted by molar-refractivity contribution is -0.116. The molecule has 3 rings (SSSR count). The first-order valence-corrected chi connectivity index (χ1v) is 8.59. The van der Waals surface area contributed by atoms with Crippen molar-refractivity contribution in [1.82, 2.24) is 15.0 Å². The molecule has 0 bridgehead atoms. The van der Waals surface area contributed by atoms with Crippen molar-refractivity contribution in [2.45, 2.75) is 34.2 Å². The maximum absolute atomic E-state index is 12.1. The predicted octanol–water partition coefficient (Wildman–Crippen LogP) is 4.03. The van der Waals surface area contributed by atoms with Crippen LogP contribution in [0.25, 0.3) is 11.9 Å². The summed E-state index contributed by atoms with van der Waals surface area (Å²) in [5.74, 6) is 1.40. The smallest absolute Gasteiger partial charge is 0.244 e. The number of carbonyl (C=O) groups excluding carboxylic acids is 1. The Morgan fingerprint density at radius 3 is 2.65 bits per heavy atom. The summed E-state index contributed by atoms with van der Waals surface area (Å²) in [6.45, 7) is 8.43. The molecule has 0 unspecified atom stereocenters. The molecule has 0 saturated carbocycles. The Balaban J connectivity index is 1.70. The van der Waals surface area contributed by atoms with Gasteiger partial charge in [-0.2, -0.15) is 0 Å². The van der Waals surface area contributed by atoms with Crippen LogP contribution in [0.2, 0.25) is 0 Å². The van der Waals surface area contributed by atoms with E-state index in [2.05, 4.69) is 10.5 Å². The van der Waals surface area contributed by atoms with Crippen LogP contribution in [0.1, 0.15) is 33.8 Å². The molecule has 2 aromatic heterocycles. The average Bonchev–Trinajstić information content (AvgIpc) is 3.15. The first-order chi connectivity index (χ1) is 12.5. The molecule has 1 N–H and O–H groups in total. The largest absolute Gasteiger partial charge is 0.360 e. The highest BCUT2D eigenvalue weighted by atomic mass is 16.5. The van der Waals surface area contributed by atoms with Gasteiger partial charge in [-0.05, 0) is 56.5 Å². The Morgan fingerprint density at radius 1 is 1.19 bits per heavy atom. The molecule has 2 heterocycles. The van der Waals surface area contributed by atoms with E-state index in [1.54, 1.807) is 6.08 Å². The van der Waals surface area contributed by atoms with Crippen LogP contribution in [0.4, 0.5) is 0 Å². The van der Waals surface area contributed by atoms with Crippen molar-refractivity contribution in [1.29, 1.82) is 0 Å². The Labute approximate surface area is 153 Å². The van der Waals surface area contributed by atoms with Gasteiger partial charge in [0.2, 0.25) is 5.91 Å². The van der Waals surface area contributed by atoms with Crippen molar-refractivity contribution < 1.29 is 9.32 Å². The molecule has 1 aromatic carbocycles. The first-order valence-electron chi connectivity index (χ1n) is 8.59. The second-order valence-electron chi connectivity index (χ2n) is 6.44. The Hall–Kier alpha value is -3.08. The maximum atomic E-state index is 12.1. The van der Waals surface area contributed by atoms with Crippen LogP contribution in [-0.4, -0.2) is 15.6 Å². The van der Waals surface area contributed by atoms with E-state index >= 15 is 0 Å². The van der Waals surface area contributed by atoms with Crippen LogP contribution >= 0.6 is 0 Å². The van der Waals surface area contributed by atoms with Crippen LogP contribution in [0.15, 0.2) is 47.0 Å². The number of hydrogen-bond donors (Lipinski definition) is 1. The minimum Gasteiger partial charge on any atom is -0.360 e. The fourth-order valence-electron chi connectivity index (χ4n) is 2.98. The molecule has 0 saturated heterocycles. The van der Waals surface area contributed by atoms with Gasteiger partial charge in [-0.25, -0.2) is 0 Å². The summed E-state index contributed by atoms with van der Waals surface area (Å²) >= 11 is 0. The van der Waals surface area contributed by atoms with Gasteiger partial charge in [-0.1, -0.05) is 29.4 Å². The number of amides is 1. The fourth-order valence-corrected chi connectivity index (χ4v) is 2.98. The van der Waals surface area contributed by atoms with Crippen LogP contribution in [0.3, 0.4) is 0 Å². The van der Waals surface area contributed by atoms with E-state index < -0.39 is 0 Å². The average molecular weight is 349 g/mol. The van der Waals surface area contributed by atoms with Crippen molar-refractivity contribution in [2.24, 2.45) is 0 Å². The lowest BCUT2D eigenvalue weighted by Gasteiger charge is -2.06. The van der Waals surface area contributed by atoms with Crippen molar-refractivity contribution >= 4 is 12.0 Å². The Kier molecular flexibility index (Phi) is 5.07. The lowest BCUT2D eigenvalue weighted by Crippen LogP contribution is -2.20. The molecule has 0 radical (unpaired) electrons. The normalized spacial score (nSPS) is 11.2. The number of aryl methyl sites for hydroxylation is 3. The van der Waals surface area contributed by atoms with Gasteiger partial charge >= 0.3 is 0 Å². The van der Waals surface area contributed by atoms with E-state index in [0.29, 0.717) is 6.54 Å². The second-order valence-corrected chi connectivity index (χ2v) is 6.44. The van der Waals surface area contributed by atoms with Gasteiger partial charge in [0.25, 0.3) is 0 Å². The SMILES string of the molecule is Cc1cc(-n2c(C)cc(/C=C/C(=O)NCc3ccccc3C)c2C)no1. The van der Waals surface area contributed by atoms with Gasteiger partial charge in [-0.15, -0.1) is 0 Å². The van der Waals surface area contributed by atoms with E-state index in [1.165, 1.54) is 5.56 Å². The molecule has 0 atom stereocenters. The molecule has 0 aliphatic rings. The van der Waals surface area contributed by atoms with Crippen LogP contribution in [0, 0.1) is 27.7 Å². The van der Waals surface area contributed by atoms with Gasteiger partial charge in [0.1, 0.15) is 5.76 Å². The molecule has 26 heavy (non-hydrogen) atoms. The Bertz CT molecular complexity index is 964. The molecule has 3 aromatic rings. The van der Waals surface area contributed by atoms with Crippen LogP contribution in [-0.2, 0) is 11.3 Å². The highest BCUT2D eigenvalue weighted by molar-refractivity contribution is 5.91. The molecule has 0 aliphatic heterocycles.